The van der Waals surface area contributed by atoms with E-state index in [1.54, 1.807) is 0 Å². The van der Waals surface area contributed by atoms with E-state index in [1.165, 1.54) is 0 Å². The lowest BCUT2D eigenvalue weighted by molar-refractivity contribution is -0.0757. The van der Waals surface area contributed by atoms with Crippen LogP contribution < -0.4 is 0 Å². The van der Waals surface area contributed by atoms with Gasteiger partial charge in [-0.3, -0.25) is 4.21 Å². The van der Waals surface area contributed by atoms with Crippen LogP contribution in [0.4, 0.5) is 0 Å². The number of hydrogen-bond acceptors (Lipinski definition) is 2. The summed E-state index contributed by atoms with van der Waals surface area (Å²) in [7, 11) is -0.546. The summed E-state index contributed by atoms with van der Waals surface area (Å²) >= 11 is 0. The molecule has 3 heteroatoms. The molecule has 1 heterocycles. The Balaban J connectivity index is 1.79. The summed E-state index contributed by atoms with van der Waals surface area (Å²) in [5.74, 6) is 0.870. The lowest BCUT2D eigenvalue weighted by atomic mass is 10.1. The minimum atomic E-state index is -0.546. The molecule has 2 unspecified atom stereocenters. The molecule has 0 radical (unpaired) electrons. The van der Waals surface area contributed by atoms with Crippen LogP contribution in [-0.4, -0.2) is 26.4 Å². The van der Waals surface area contributed by atoms with Crippen molar-refractivity contribution in [2.24, 2.45) is 11.8 Å². The second-order valence-corrected chi connectivity index (χ2v) is 7.24. The molecule has 78 valence electrons. The zero-order valence-corrected chi connectivity index (χ0v) is 9.58. The summed E-state index contributed by atoms with van der Waals surface area (Å²) in [6.45, 7) is 6.27. The van der Waals surface area contributed by atoms with Gasteiger partial charge < -0.3 is 4.74 Å². The molecule has 2 fully saturated rings. The molecule has 0 aromatic carbocycles. The molecule has 0 N–H and O–H groups in total. The number of hydrogen-bond donors (Lipinski definition) is 0. The fourth-order valence-electron chi connectivity index (χ4n) is 2.86. The first-order valence-electron chi connectivity index (χ1n) is 5.24. The van der Waals surface area contributed by atoms with Gasteiger partial charge in [-0.15, -0.1) is 0 Å². The maximum Gasteiger partial charge on any atom is 0.0731 e. The molecule has 2 bridgehead atoms. The van der Waals surface area contributed by atoms with Crippen molar-refractivity contribution in [2.75, 3.05) is 0 Å². The molecule has 14 heavy (non-hydrogen) atoms. The van der Waals surface area contributed by atoms with Crippen LogP contribution in [0.3, 0.4) is 0 Å². The first-order valence-corrected chi connectivity index (χ1v) is 6.52. The summed E-state index contributed by atoms with van der Waals surface area (Å²) in [5, 5.41) is 0.856. The SMILES string of the molecule is CC(C)(C)OC1[C@H]2C=C[C@@H]1[C@@H]1[C@H]2S1=O. The molecule has 2 nitrogen and oxygen atoms in total. The van der Waals surface area contributed by atoms with Gasteiger partial charge >= 0.3 is 0 Å². The van der Waals surface area contributed by atoms with Crippen molar-refractivity contribution in [1.82, 2.24) is 0 Å². The highest BCUT2D eigenvalue weighted by molar-refractivity contribution is 7.94. The monoisotopic (exact) mass is 212 g/mol. The largest absolute Gasteiger partial charge is 0.371 e. The van der Waals surface area contributed by atoms with E-state index in [4.69, 9.17) is 4.74 Å². The van der Waals surface area contributed by atoms with Crippen molar-refractivity contribution in [3.05, 3.63) is 12.2 Å². The standard InChI is InChI=1S/C11H16O2S/c1-11(2,3)13-8-6-4-5-7(8)10-9(6)14(10)12/h4-10H,1-3H3/t6-,7+,8?,9+,10-,14?. The molecule has 2 aliphatic carbocycles. The molecular formula is C11H16O2S. The summed E-state index contributed by atoms with van der Waals surface area (Å²) in [6, 6.07) is 0. The van der Waals surface area contributed by atoms with Crippen molar-refractivity contribution in [3.63, 3.8) is 0 Å². The van der Waals surface area contributed by atoms with Crippen LogP contribution in [0, 0.1) is 11.8 Å². The van der Waals surface area contributed by atoms with Crippen LogP contribution in [0.1, 0.15) is 20.8 Å². The van der Waals surface area contributed by atoms with Gasteiger partial charge in [0.05, 0.1) is 22.2 Å². The van der Waals surface area contributed by atoms with Gasteiger partial charge in [-0.25, -0.2) is 0 Å². The smallest absolute Gasteiger partial charge is 0.0731 e. The van der Waals surface area contributed by atoms with Crippen molar-refractivity contribution >= 4 is 10.8 Å². The molecule has 6 atom stereocenters. The van der Waals surface area contributed by atoms with Gasteiger partial charge in [-0.2, -0.15) is 0 Å². The Morgan fingerprint density at radius 2 is 1.64 bits per heavy atom. The highest BCUT2D eigenvalue weighted by Gasteiger charge is 2.68. The zero-order valence-electron chi connectivity index (χ0n) is 8.77. The first kappa shape index (κ1) is 9.10. The molecule has 0 amide bonds. The summed E-state index contributed by atoms with van der Waals surface area (Å²) < 4.78 is 17.5. The molecule has 3 aliphatic rings. The van der Waals surface area contributed by atoms with E-state index in [0.29, 0.717) is 28.4 Å². The molecule has 0 spiro atoms. The maximum absolute atomic E-state index is 11.5. The van der Waals surface area contributed by atoms with E-state index in [9.17, 15) is 4.21 Å². The lowest BCUT2D eigenvalue weighted by Gasteiger charge is -2.29. The first-order chi connectivity index (χ1) is 6.49. The van der Waals surface area contributed by atoms with Crippen LogP contribution in [0.2, 0.25) is 0 Å². The Labute approximate surface area is 87.2 Å². The third-order valence-corrected chi connectivity index (χ3v) is 5.32. The molecule has 0 aromatic rings. The molecule has 1 saturated carbocycles. The molecule has 1 saturated heterocycles. The Hall–Kier alpha value is -0.150. The second-order valence-electron chi connectivity index (χ2n) is 5.49. The fraction of sp³-hybridized carbons (Fsp3) is 0.818. The number of rotatable bonds is 1. The van der Waals surface area contributed by atoms with E-state index in [-0.39, 0.29) is 5.60 Å². The number of ether oxygens (including phenoxy) is 1. The molecular weight excluding hydrogens is 196 g/mol. The minimum absolute atomic E-state index is 0.0779. The molecule has 1 aliphatic heterocycles. The third-order valence-electron chi connectivity index (χ3n) is 3.35. The third kappa shape index (κ3) is 1.09. The predicted molar refractivity (Wildman–Crippen MR) is 56.5 cm³/mol. The highest BCUT2D eigenvalue weighted by Crippen LogP contribution is 2.56. The fourth-order valence-corrected chi connectivity index (χ4v) is 4.92. The summed E-state index contributed by atoms with van der Waals surface area (Å²) in [6.07, 6.45) is 4.74. The Kier molecular flexibility index (Phi) is 1.63. The van der Waals surface area contributed by atoms with E-state index < -0.39 is 10.8 Å². The van der Waals surface area contributed by atoms with Crippen molar-refractivity contribution in [2.45, 2.75) is 43.0 Å². The Bertz CT molecular complexity index is 307. The normalized spacial score (nSPS) is 53.6. The highest BCUT2D eigenvalue weighted by atomic mass is 32.2. The summed E-state index contributed by atoms with van der Waals surface area (Å²) in [4.78, 5) is 0. The van der Waals surface area contributed by atoms with E-state index in [2.05, 4.69) is 32.9 Å². The van der Waals surface area contributed by atoms with Gasteiger partial charge in [0.25, 0.3) is 0 Å². The molecule has 0 aromatic heterocycles. The average Bonchev–Trinajstić information content (AvgIpc) is 2.48. The van der Waals surface area contributed by atoms with Gasteiger partial charge in [0.15, 0.2) is 0 Å². The van der Waals surface area contributed by atoms with Crippen LogP contribution >= 0.6 is 0 Å². The van der Waals surface area contributed by atoms with Gasteiger partial charge in [0.1, 0.15) is 0 Å². The Morgan fingerprint density at radius 1 is 1.14 bits per heavy atom. The number of fused-ring (bicyclic) bond motifs is 5. The van der Waals surface area contributed by atoms with Crippen molar-refractivity contribution in [1.29, 1.82) is 0 Å². The van der Waals surface area contributed by atoms with Crippen LogP contribution in [0.25, 0.3) is 0 Å². The van der Waals surface area contributed by atoms with Gasteiger partial charge in [0.2, 0.25) is 0 Å². The van der Waals surface area contributed by atoms with Crippen molar-refractivity contribution in [3.8, 4) is 0 Å². The van der Waals surface area contributed by atoms with Crippen LogP contribution in [0.5, 0.6) is 0 Å². The van der Waals surface area contributed by atoms with E-state index >= 15 is 0 Å². The van der Waals surface area contributed by atoms with Gasteiger partial charge in [-0.05, 0) is 20.8 Å². The summed E-state index contributed by atoms with van der Waals surface area (Å²) in [5.41, 5.74) is -0.0779. The van der Waals surface area contributed by atoms with E-state index in [0.717, 1.165) is 0 Å². The quantitative estimate of drug-likeness (QED) is 0.486. The van der Waals surface area contributed by atoms with Crippen LogP contribution in [0.15, 0.2) is 12.2 Å². The zero-order chi connectivity index (χ0) is 10.1. The topological polar surface area (TPSA) is 26.3 Å². The Morgan fingerprint density at radius 3 is 2.07 bits per heavy atom. The average molecular weight is 212 g/mol. The second kappa shape index (κ2) is 2.50. The van der Waals surface area contributed by atoms with Crippen LogP contribution in [-0.2, 0) is 15.5 Å². The van der Waals surface area contributed by atoms with Gasteiger partial charge in [0, 0.05) is 22.6 Å². The van der Waals surface area contributed by atoms with Crippen molar-refractivity contribution < 1.29 is 8.95 Å². The van der Waals surface area contributed by atoms with Gasteiger partial charge in [-0.1, -0.05) is 12.2 Å². The predicted octanol–water partition coefficient (Wildman–Crippen LogP) is 1.49. The molecule has 3 rings (SSSR count). The maximum atomic E-state index is 11.5. The van der Waals surface area contributed by atoms with E-state index in [1.807, 2.05) is 0 Å². The minimum Gasteiger partial charge on any atom is -0.371 e. The lowest BCUT2D eigenvalue weighted by Crippen LogP contribution is -2.33.